The number of nitrogens with zero attached hydrogens (tertiary/aromatic N) is 2. The van der Waals surface area contributed by atoms with Crippen LogP contribution in [0, 0.1) is 5.82 Å². The molecule has 1 aliphatic rings. The summed E-state index contributed by atoms with van der Waals surface area (Å²) in [6.45, 7) is 0.440. The molecule has 0 fully saturated rings. The number of nitrogens with one attached hydrogen (secondary N) is 2. The molecule has 0 bridgehead atoms. The Morgan fingerprint density at radius 2 is 2.12 bits per heavy atom. The van der Waals surface area contributed by atoms with Gasteiger partial charge in [-0.2, -0.15) is 5.10 Å². The largest absolute Gasteiger partial charge is 0.444 e. The van der Waals surface area contributed by atoms with E-state index in [1.165, 1.54) is 12.1 Å². The van der Waals surface area contributed by atoms with Gasteiger partial charge in [0.25, 0.3) is 5.91 Å². The smallest absolute Gasteiger partial charge is 0.272 e. The first-order chi connectivity index (χ1) is 12.2. The molecule has 0 atom stereocenters. The topological polar surface area (TPSA) is 83.8 Å². The van der Waals surface area contributed by atoms with E-state index >= 15 is 0 Å². The summed E-state index contributed by atoms with van der Waals surface area (Å²) in [6.07, 6.45) is 5.02. The molecule has 1 amide bonds. The first-order valence-corrected chi connectivity index (χ1v) is 8.25. The van der Waals surface area contributed by atoms with Crippen molar-refractivity contribution in [1.29, 1.82) is 0 Å². The molecule has 128 valence electrons. The van der Waals surface area contributed by atoms with E-state index in [2.05, 4.69) is 20.5 Å². The summed E-state index contributed by atoms with van der Waals surface area (Å²) in [5, 5.41) is 9.92. The zero-order chi connectivity index (χ0) is 17.2. The highest BCUT2D eigenvalue weighted by molar-refractivity contribution is 5.94. The zero-order valence-electron chi connectivity index (χ0n) is 13.5. The first-order valence-electron chi connectivity index (χ1n) is 8.25. The number of fused-ring (bicyclic) bond motifs is 1. The van der Waals surface area contributed by atoms with Gasteiger partial charge in [-0.15, -0.1) is 0 Å². The third kappa shape index (κ3) is 3.17. The van der Waals surface area contributed by atoms with Crippen LogP contribution in [-0.4, -0.2) is 27.6 Å². The van der Waals surface area contributed by atoms with Gasteiger partial charge in [0.1, 0.15) is 12.1 Å². The van der Waals surface area contributed by atoms with Crippen LogP contribution >= 0.6 is 0 Å². The number of hydrogen-bond acceptors (Lipinski definition) is 4. The van der Waals surface area contributed by atoms with Crippen molar-refractivity contribution in [2.45, 2.75) is 25.7 Å². The van der Waals surface area contributed by atoms with Crippen molar-refractivity contribution in [3.63, 3.8) is 0 Å². The van der Waals surface area contributed by atoms with Crippen LogP contribution in [0.1, 0.15) is 33.9 Å². The van der Waals surface area contributed by atoms with Crippen molar-refractivity contribution in [1.82, 2.24) is 20.5 Å². The molecule has 2 N–H and O–H groups in total. The van der Waals surface area contributed by atoms with Gasteiger partial charge < -0.3 is 9.73 Å². The lowest BCUT2D eigenvalue weighted by molar-refractivity contribution is 0.0948. The number of aromatic amines is 1. The number of aryl methyl sites for hydroxylation is 1. The average molecular weight is 340 g/mol. The standard InChI is InChI=1S/C18H17FN4O2/c19-12-6-4-11(5-7-12)18-21-13(10-25-18)8-9-20-17(24)16-14-2-1-3-15(14)22-23-16/h4-7,10H,1-3,8-9H2,(H,20,24)(H,22,23). The van der Waals surface area contributed by atoms with E-state index in [4.69, 9.17) is 4.42 Å². The monoisotopic (exact) mass is 340 g/mol. The molecule has 2 aromatic heterocycles. The fourth-order valence-corrected chi connectivity index (χ4v) is 3.04. The number of rotatable bonds is 5. The fourth-order valence-electron chi connectivity index (χ4n) is 3.04. The highest BCUT2D eigenvalue weighted by atomic mass is 19.1. The maximum Gasteiger partial charge on any atom is 0.272 e. The predicted octanol–water partition coefficient (Wildman–Crippen LogP) is 2.67. The second kappa shape index (κ2) is 6.51. The van der Waals surface area contributed by atoms with Crippen molar-refractivity contribution < 1.29 is 13.6 Å². The van der Waals surface area contributed by atoms with Crippen LogP contribution in [-0.2, 0) is 19.3 Å². The van der Waals surface area contributed by atoms with Crippen LogP contribution in [0.3, 0.4) is 0 Å². The second-order valence-corrected chi connectivity index (χ2v) is 6.04. The van der Waals surface area contributed by atoms with Gasteiger partial charge in [0, 0.05) is 29.8 Å². The van der Waals surface area contributed by atoms with Gasteiger partial charge in [0.05, 0.1) is 5.69 Å². The average Bonchev–Trinajstić information content (AvgIpc) is 3.32. The molecule has 0 saturated heterocycles. The maximum atomic E-state index is 13.0. The highest BCUT2D eigenvalue weighted by Gasteiger charge is 2.22. The number of benzene rings is 1. The summed E-state index contributed by atoms with van der Waals surface area (Å²) in [6, 6.07) is 5.96. The molecule has 7 heteroatoms. The van der Waals surface area contributed by atoms with Crippen LogP contribution in [0.15, 0.2) is 34.9 Å². The first kappa shape index (κ1) is 15.6. The van der Waals surface area contributed by atoms with Crippen LogP contribution in [0.4, 0.5) is 4.39 Å². The molecule has 6 nitrogen and oxygen atoms in total. The van der Waals surface area contributed by atoms with E-state index in [0.29, 0.717) is 30.1 Å². The quantitative estimate of drug-likeness (QED) is 0.748. The molecule has 3 aromatic rings. The number of oxazole rings is 1. The Bertz CT molecular complexity index is 898. The van der Waals surface area contributed by atoms with Crippen molar-refractivity contribution in [3.05, 3.63) is 59.0 Å². The van der Waals surface area contributed by atoms with Crippen LogP contribution in [0.2, 0.25) is 0 Å². The Balaban J connectivity index is 1.34. The molecule has 0 aliphatic heterocycles. The molecule has 1 aliphatic carbocycles. The van der Waals surface area contributed by atoms with E-state index in [1.807, 2.05) is 0 Å². The molecule has 0 unspecified atom stereocenters. The van der Waals surface area contributed by atoms with E-state index in [1.54, 1.807) is 18.4 Å². The predicted molar refractivity (Wildman–Crippen MR) is 88.5 cm³/mol. The van der Waals surface area contributed by atoms with E-state index in [9.17, 15) is 9.18 Å². The SMILES string of the molecule is O=C(NCCc1coc(-c2ccc(F)cc2)n1)c1n[nH]c2c1CCC2. The van der Waals surface area contributed by atoms with E-state index in [0.717, 1.165) is 36.2 Å². The minimum Gasteiger partial charge on any atom is -0.444 e. The molecule has 25 heavy (non-hydrogen) atoms. The summed E-state index contributed by atoms with van der Waals surface area (Å²) in [5.74, 6) is -0.0313. The van der Waals surface area contributed by atoms with Crippen molar-refractivity contribution >= 4 is 5.91 Å². The number of amides is 1. The third-order valence-corrected chi connectivity index (χ3v) is 4.33. The summed E-state index contributed by atoms with van der Waals surface area (Å²) in [5.41, 5.74) is 4.05. The number of aromatic nitrogens is 3. The van der Waals surface area contributed by atoms with Crippen molar-refractivity contribution in [2.24, 2.45) is 0 Å². The fraction of sp³-hybridized carbons (Fsp3) is 0.278. The Hall–Kier alpha value is -2.96. The molecular formula is C18H17FN4O2. The minimum atomic E-state index is -0.303. The second-order valence-electron chi connectivity index (χ2n) is 6.04. The highest BCUT2D eigenvalue weighted by Crippen LogP contribution is 2.22. The Morgan fingerprint density at radius 1 is 1.28 bits per heavy atom. The molecule has 4 rings (SSSR count). The van der Waals surface area contributed by atoms with Gasteiger partial charge in [-0.25, -0.2) is 9.37 Å². The van der Waals surface area contributed by atoms with Gasteiger partial charge in [-0.1, -0.05) is 0 Å². The molecule has 0 radical (unpaired) electrons. The lowest BCUT2D eigenvalue weighted by Crippen LogP contribution is -2.27. The normalized spacial score (nSPS) is 13.0. The summed E-state index contributed by atoms with van der Waals surface area (Å²) >= 11 is 0. The number of H-pyrrole nitrogens is 1. The van der Waals surface area contributed by atoms with E-state index < -0.39 is 0 Å². The Morgan fingerprint density at radius 3 is 2.96 bits per heavy atom. The molecule has 2 heterocycles. The molecule has 0 saturated carbocycles. The van der Waals surface area contributed by atoms with Crippen molar-refractivity contribution in [3.8, 4) is 11.5 Å². The molecule has 0 spiro atoms. The number of carbonyl (C=O) groups excluding carboxylic acids is 1. The van der Waals surface area contributed by atoms with E-state index in [-0.39, 0.29) is 11.7 Å². The Labute approximate surface area is 143 Å². The van der Waals surface area contributed by atoms with Gasteiger partial charge in [0.15, 0.2) is 5.69 Å². The molecule has 1 aromatic carbocycles. The van der Waals surface area contributed by atoms with Crippen LogP contribution in [0.25, 0.3) is 11.5 Å². The van der Waals surface area contributed by atoms with Crippen LogP contribution < -0.4 is 5.32 Å². The lowest BCUT2D eigenvalue weighted by Gasteiger charge is -2.02. The minimum absolute atomic E-state index is 0.165. The zero-order valence-corrected chi connectivity index (χ0v) is 13.5. The van der Waals surface area contributed by atoms with Crippen LogP contribution in [0.5, 0.6) is 0 Å². The molecular weight excluding hydrogens is 323 g/mol. The third-order valence-electron chi connectivity index (χ3n) is 4.33. The summed E-state index contributed by atoms with van der Waals surface area (Å²) in [7, 11) is 0. The van der Waals surface area contributed by atoms with Gasteiger partial charge in [-0.3, -0.25) is 9.89 Å². The number of halogens is 1. The van der Waals surface area contributed by atoms with Gasteiger partial charge in [-0.05, 0) is 43.5 Å². The maximum absolute atomic E-state index is 13.0. The van der Waals surface area contributed by atoms with Gasteiger partial charge >= 0.3 is 0 Å². The number of hydrogen-bond donors (Lipinski definition) is 2. The summed E-state index contributed by atoms with van der Waals surface area (Å²) in [4.78, 5) is 16.6. The lowest BCUT2D eigenvalue weighted by atomic mass is 10.2. The summed E-state index contributed by atoms with van der Waals surface area (Å²) < 4.78 is 18.4. The number of carbonyl (C=O) groups is 1. The van der Waals surface area contributed by atoms with Gasteiger partial charge in [0.2, 0.25) is 5.89 Å². The van der Waals surface area contributed by atoms with Crippen molar-refractivity contribution in [2.75, 3.05) is 6.54 Å². The Kier molecular flexibility index (Phi) is 4.05.